The molecule has 0 aliphatic carbocycles. The average Bonchev–Trinajstić information content (AvgIpc) is 2.23. The van der Waals surface area contributed by atoms with Crippen molar-refractivity contribution < 1.29 is 0 Å². The van der Waals surface area contributed by atoms with E-state index in [4.69, 9.17) is 0 Å². The molecular weight excluding hydrogens is 206 g/mol. The van der Waals surface area contributed by atoms with Crippen molar-refractivity contribution in [3.63, 3.8) is 0 Å². The lowest BCUT2D eigenvalue weighted by Gasteiger charge is -2.25. The van der Waals surface area contributed by atoms with E-state index in [0.717, 1.165) is 12.5 Å². The highest BCUT2D eigenvalue weighted by Crippen LogP contribution is 2.14. The van der Waals surface area contributed by atoms with Gasteiger partial charge in [-0.2, -0.15) is 0 Å². The molecule has 0 saturated heterocycles. The van der Waals surface area contributed by atoms with Crippen molar-refractivity contribution in [3.05, 3.63) is 35.4 Å². The molecule has 0 aliphatic heterocycles. The second-order valence-corrected chi connectivity index (χ2v) is 6.10. The zero-order chi connectivity index (χ0) is 12.9. The normalized spacial score (nSPS) is 13.7. The van der Waals surface area contributed by atoms with Crippen LogP contribution in [0.2, 0.25) is 0 Å². The van der Waals surface area contributed by atoms with E-state index in [2.05, 4.69) is 64.2 Å². The number of rotatable bonds is 5. The van der Waals surface area contributed by atoms with Crippen LogP contribution in [0.4, 0.5) is 0 Å². The maximum atomic E-state index is 3.61. The summed E-state index contributed by atoms with van der Waals surface area (Å²) in [5.74, 6) is 0.732. The topological polar surface area (TPSA) is 12.0 Å². The van der Waals surface area contributed by atoms with Crippen LogP contribution in [-0.2, 0) is 6.42 Å². The summed E-state index contributed by atoms with van der Waals surface area (Å²) in [4.78, 5) is 0. The van der Waals surface area contributed by atoms with Gasteiger partial charge in [0.1, 0.15) is 0 Å². The molecule has 1 aromatic carbocycles. The molecule has 0 aromatic heterocycles. The minimum absolute atomic E-state index is 0.222. The first kappa shape index (κ1) is 14.2. The molecule has 1 N–H and O–H groups in total. The third kappa shape index (κ3) is 5.88. The summed E-state index contributed by atoms with van der Waals surface area (Å²) < 4.78 is 0. The summed E-state index contributed by atoms with van der Waals surface area (Å²) >= 11 is 0. The van der Waals surface area contributed by atoms with E-state index in [1.807, 2.05) is 0 Å². The lowest BCUT2D eigenvalue weighted by Crippen LogP contribution is -2.39. The fraction of sp³-hybridized carbons (Fsp3) is 0.625. The molecule has 1 heteroatoms. The standard InChI is InChI=1S/C16H27N/c1-6-14(12-17-16(3,4)5)11-15-9-7-8-13(2)10-15/h7-10,14,17H,6,11-12H2,1-5H3. The van der Waals surface area contributed by atoms with Gasteiger partial charge in [-0.3, -0.25) is 0 Å². The van der Waals surface area contributed by atoms with E-state index in [-0.39, 0.29) is 5.54 Å². The fourth-order valence-corrected chi connectivity index (χ4v) is 1.98. The van der Waals surface area contributed by atoms with Crippen LogP contribution < -0.4 is 5.32 Å². The minimum Gasteiger partial charge on any atom is -0.312 e. The summed E-state index contributed by atoms with van der Waals surface area (Å²) in [6.07, 6.45) is 2.41. The summed E-state index contributed by atoms with van der Waals surface area (Å²) in [5.41, 5.74) is 3.05. The Balaban J connectivity index is 2.52. The van der Waals surface area contributed by atoms with Gasteiger partial charge in [0.25, 0.3) is 0 Å². The maximum Gasteiger partial charge on any atom is 0.00966 e. The van der Waals surface area contributed by atoms with Crippen LogP contribution in [0.15, 0.2) is 24.3 Å². The Bertz CT molecular complexity index is 336. The van der Waals surface area contributed by atoms with E-state index in [0.29, 0.717) is 0 Å². The van der Waals surface area contributed by atoms with Gasteiger partial charge < -0.3 is 5.32 Å². The number of benzene rings is 1. The predicted molar refractivity (Wildman–Crippen MR) is 76.4 cm³/mol. The highest BCUT2D eigenvalue weighted by atomic mass is 14.9. The molecule has 0 fully saturated rings. The Hall–Kier alpha value is -0.820. The van der Waals surface area contributed by atoms with Crippen LogP contribution in [0.25, 0.3) is 0 Å². The van der Waals surface area contributed by atoms with Gasteiger partial charge in [-0.25, -0.2) is 0 Å². The van der Waals surface area contributed by atoms with E-state index in [1.54, 1.807) is 0 Å². The first-order valence-electron chi connectivity index (χ1n) is 6.71. The molecule has 1 nitrogen and oxygen atoms in total. The molecule has 1 atom stereocenters. The molecule has 1 unspecified atom stereocenters. The van der Waals surface area contributed by atoms with Crippen molar-refractivity contribution in [3.8, 4) is 0 Å². The Kier molecular flexibility index (Phi) is 5.20. The molecular formula is C16H27N. The average molecular weight is 233 g/mol. The number of nitrogens with one attached hydrogen (secondary N) is 1. The zero-order valence-electron chi connectivity index (χ0n) is 12.0. The van der Waals surface area contributed by atoms with Crippen molar-refractivity contribution in [2.45, 2.75) is 53.0 Å². The predicted octanol–water partition coefficient (Wildman–Crippen LogP) is 3.95. The van der Waals surface area contributed by atoms with E-state index in [9.17, 15) is 0 Å². The van der Waals surface area contributed by atoms with Crippen LogP contribution in [0.1, 0.15) is 45.2 Å². The molecule has 0 heterocycles. The van der Waals surface area contributed by atoms with Crippen molar-refractivity contribution in [2.75, 3.05) is 6.54 Å². The van der Waals surface area contributed by atoms with Gasteiger partial charge in [-0.05, 0) is 52.1 Å². The van der Waals surface area contributed by atoms with E-state index < -0.39 is 0 Å². The molecule has 1 aromatic rings. The van der Waals surface area contributed by atoms with Gasteiger partial charge >= 0.3 is 0 Å². The van der Waals surface area contributed by atoms with Gasteiger partial charge in [-0.1, -0.05) is 43.2 Å². The Morgan fingerprint density at radius 1 is 1.24 bits per heavy atom. The lowest BCUT2D eigenvalue weighted by atomic mass is 9.95. The monoisotopic (exact) mass is 233 g/mol. The van der Waals surface area contributed by atoms with E-state index in [1.165, 1.54) is 24.0 Å². The first-order valence-corrected chi connectivity index (χ1v) is 6.71. The third-order valence-electron chi connectivity index (χ3n) is 3.11. The van der Waals surface area contributed by atoms with E-state index >= 15 is 0 Å². The van der Waals surface area contributed by atoms with Crippen LogP contribution in [0.3, 0.4) is 0 Å². The Morgan fingerprint density at radius 3 is 2.47 bits per heavy atom. The van der Waals surface area contributed by atoms with Crippen molar-refractivity contribution in [2.24, 2.45) is 5.92 Å². The van der Waals surface area contributed by atoms with Crippen molar-refractivity contribution in [1.29, 1.82) is 0 Å². The summed E-state index contributed by atoms with van der Waals surface area (Å²) in [5, 5.41) is 3.61. The molecule has 0 aliphatic rings. The molecule has 96 valence electrons. The maximum absolute atomic E-state index is 3.61. The SMILES string of the molecule is CCC(CNC(C)(C)C)Cc1cccc(C)c1. The summed E-state index contributed by atoms with van der Waals surface area (Å²) in [7, 11) is 0. The Labute approximate surface area is 107 Å². The summed E-state index contributed by atoms with van der Waals surface area (Å²) in [6, 6.07) is 8.87. The highest BCUT2D eigenvalue weighted by molar-refractivity contribution is 5.22. The molecule has 0 radical (unpaired) electrons. The molecule has 0 bridgehead atoms. The minimum atomic E-state index is 0.222. The van der Waals surface area contributed by atoms with Gasteiger partial charge in [0, 0.05) is 5.54 Å². The van der Waals surface area contributed by atoms with Gasteiger partial charge in [0.05, 0.1) is 0 Å². The number of aryl methyl sites for hydroxylation is 1. The fourth-order valence-electron chi connectivity index (χ4n) is 1.98. The third-order valence-corrected chi connectivity index (χ3v) is 3.11. The van der Waals surface area contributed by atoms with Gasteiger partial charge in [-0.15, -0.1) is 0 Å². The largest absolute Gasteiger partial charge is 0.312 e. The number of hydrogen-bond acceptors (Lipinski definition) is 1. The zero-order valence-corrected chi connectivity index (χ0v) is 12.0. The quantitative estimate of drug-likeness (QED) is 0.812. The molecule has 0 saturated carbocycles. The van der Waals surface area contributed by atoms with Crippen LogP contribution >= 0.6 is 0 Å². The van der Waals surface area contributed by atoms with Crippen molar-refractivity contribution in [1.82, 2.24) is 5.32 Å². The Morgan fingerprint density at radius 2 is 1.94 bits per heavy atom. The smallest absolute Gasteiger partial charge is 0.00966 e. The first-order chi connectivity index (χ1) is 7.90. The highest BCUT2D eigenvalue weighted by Gasteiger charge is 2.13. The number of hydrogen-bond donors (Lipinski definition) is 1. The van der Waals surface area contributed by atoms with Gasteiger partial charge in [0.2, 0.25) is 0 Å². The lowest BCUT2D eigenvalue weighted by molar-refractivity contribution is 0.363. The molecule has 17 heavy (non-hydrogen) atoms. The molecule has 0 amide bonds. The molecule has 0 spiro atoms. The van der Waals surface area contributed by atoms with Crippen LogP contribution in [0, 0.1) is 12.8 Å². The van der Waals surface area contributed by atoms with Crippen LogP contribution in [-0.4, -0.2) is 12.1 Å². The summed E-state index contributed by atoms with van der Waals surface area (Å²) in [6.45, 7) is 12.2. The second-order valence-electron chi connectivity index (χ2n) is 6.10. The van der Waals surface area contributed by atoms with Gasteiger partial charge in [0.15, 0.2) is 0 Å². The molecule has 1 rings (SSSR count). The second kappa shape index (κ2) is 6.20. The van der Waals surface area contributed by atoms with Crippen molar-refractivity contribution >= 4 is 0 Å². The van der Waals surface area contributed by atoms with Crippen LogP contribution in [0.5, 0.6) is 0 Å².